The lowest BCUT2D eigenvalue weighted by molar-refractivity contribution is 0.0228. The fourth-order valence-corrected chi connectivity index (χ4v) is 3.84. The molecule has 3 rings (SSSR count). The molecular weight excluding hydrogens is 496 g/mol. The van der Waals surface area contributed by atoms with E-state index in [-0.39, 0.29) is 18.6 Å². The third kappa shape index (κ3) is 8.58. The van der Waals surface area contributed by atoms with Crippen molar-refractivity contribution in [3.8, 4) is 11.5 Å². The van der Waals surface area contributed by atoms with Crippen molar-refractivity contribution in [3.05, 3.63) is 95.1 Å². The zero-order valence-corrected chi connectivity index (χ0v) is 23.3. The van der Waals surface area contributed by atoms with Crippen LogP contribution >= 0.6 is 0 Å². The van der Waals surface area contributed by atoms with Crippen molar-refractivity contribution in [2.24, 2.45) is 0 Å². The maximum absolute atomic E-state index is 12.5. The van der Waals surface area contributed by atoms with Crippen molar-refractivity contribution >= 4 is 11.9 Å². The van der Waals surface area contributed by atoms with E-state index in [9.17, 15) is 14.7 Å². The van der Waals surface area contributed by atoms with Gasteiger partial charge in [-0.15, -0.1) is 0 Å². The monoisotopic (exact) mass is 534 g/mol. The van der Waals surface area contributed by atoms with E-state index in [0.29, 0.717) is 23.5 Å². The lowest BCUT2D eigenvalue weighted by atomic mass is 9.78. The Labute approximate surface area is 230 Å². The normalized spacial score (nSPS) is 12.8. The Hall–Kier alpha value is -3.84. The molecule has 7 heteroatoms. The van der Waals surface area contributed by atoms with E-state index in [0.717, 1.165) is 23.3 Å². The topological polar surface area (TPSA) is 91.3 Å². The number of rotatable bonds is 13. The van der Waals surface area contributed by atoms with Crippen LogP contribution < -0.4 is 9.47 Å². The molecule has 2 unspecified atom stereocenters. The van der Waals surface area contributed by atoms with Gasteiger partial charge in [0.2, 0.25) is 0 Å². The van der Waals surface area contributed by atoms with Gasteiger partial charge >= 0.3 is 11.9 Å². The van der Waals surface area contributed by atoms with Gasteiger partial charge in [-0.05, 0) is 79.9 Å². The fraction of sp³-hybridized carbons (Fsp3) is 0.375. The van der Waals surface area contributed by atoms with Crippen LogP contribution in [0.3, 0.4) is 0 Å². The van der Waals surface area contributed by atoms with Crippen LogP contribution in [0.15, 0.2) is 72.8 Å². The predicted octanol–water partition coefficient (Wildman–Crippen LogP) is 5.96. The molecule has 7 nitrogen and oxygen atoms in total. The third-order valence-corrected chi connectivity index (χ3v) is 6.23. The number of benzene rings is 3. The van der Waals surface area contributed by atoms with E-state index in [4.69, 9.17) is 18.9 Å². The maximum atomic E-state index is 12.5. The second-order valence-corrected chi connectivity index (χ2v) is 10.1. The lowest BCUT2D eigenvalue weighted by Gasteiger charge is -2.26. The summed E-state index contributed by atoms with van der Waals surface area (Å²) < 4.78 is 22.0. The summed E-state index contributed by atoms with van der Waals surface area (Å²) in [5.74, 6) is 0.496. The molecule has 0 heterocycles. The highest BCUT2D eigenvalue weighted by Crippen LogP contribution is 2.33. The van der Waals surface area contributed by atoms with E-state index >= 15 is 0 Å². The molecule has 0 bridgehead atoms. The van der Waals surface area contributed by atoms with Crippen molar-refractivity contribution < 1.29 is 33.6 Å². The van der Waals surface area contributed by atoms with Crippen LogP contribution in [0.4, 0.5) is 0 Å². The summed E-state index contributed by atoms with van der Waals surface area (Å²) >= 11 is 0. The number of carbonyl (C=O) groups is 2. The summed E-state index contributed by atoms with van der Waals surface area (Å²) in [6.07, 6.45) is -0.245. The highest BCUT2D eigenvalue weighted by Gasteiger charge is 2.23. The zero-order chi connectivity index (χ0) is 28.4. The second kappa shape index (κ2) is 13.8. The van der Waals surface area contributed by atoms with Crippen molar-refractivity contribution in [1.82, 2.24) is 0 Å². The van der Waals surface area contributed by atoms with Crippen LogP contribution in [0.5, 0.6) is 11.5 Å². The van der Waals surface area contributed by atoms with Crippen molar-refractivity contribution in [1.29, 1.82) is 0 Å². The van der Waals surface area contributed by atoms with Gasteiger partial charge in [-0.2, -0.15) is 0 Å². The van der Waals surface area contributed by atoms with Gasteiger partial charge in [-0.3, -0.25) is 0 Å². The average molecular weight is 535 g/mol. The smallest absolute Gasteiger partial charge is 0.338 e. The van der Waals surface area contributed by atoms with E-state index < -0.39 is 24.1 Å². The molecular formula is C32H38O7. The van der Waals surface area contributed by atoms with Gasteiger partial charge in [0.25, 0.3) is 0 Å². The molecule has 0 spiro atoms. The molecule has 3 aromatic rings. The molecule has 0 aromatic heterocycles. The number of carbonyl (C=O) groups excluding carboxylic acids is 2. The highest BCUT2D eigenvalue weighted by molar-refractivity contribution is 5.93. The second-order valence-electron chi connectivity index (χ2n) is 10.1. The molecule has 0 aliphatic rings. The standard InChI is InChI=1S/C32H38O7/c1-6-19-36-30(34)24-7-9-25(10-8-24)31(35)39-23(3)21-38-29-17-13-27(14-18-29)32(4,5)26-11-15-28(16-12-26)37-20-22(2)33/h7-18,22-23,33H,6,19-21H2,1-5H3. The SMILES string of the molecule is CCCOC(=O)c1ccc(C(=O)OC(C)COc2ccc(C(C)(C)c3ccc(OCC(C)O)cc3)cc2)cc1. The van der Waals surface area contributed by atoms with Gasteiger partial charge in [0.15, 0.2) is 0 Å². The predicted molar refractivity (Wildman–Crippen MR) is 150 cm³/mol. The molecule has 0 saturated heterocycles. The Morgan fingerprint density at radius 1 is 0.744 bits per heavy atom. The first-order valence-electron chi connectivity index (χ1n) is 13.2. The van der Waals surface area contributed by atoms with Crippen molar-refractivity contribution in [2.75, 3.05) is 19.8 Å². The van der Waals surface area contributed by atoms with Gasteiger partial charge in [0, 0.05) is 5.41 Å². The minimum atomic E-state index is -0.516. The Kier molecular flexibility index (Phi) is 10.5. The number of hydrogen-bond acceptors (Lipinski definition) is 7. The van der Waals surface area contributed by atoms with Crippen LogP contribution in [-0.2, 0) is 14.9 Å². The Balaban J connectivity index is 1.51. The average Bonchev–Trinajstić information content (AvgIpc) is 2.94. The largest absolute Gasteiger partial charge is 0.491 e. The third-order valence-electron chi connectivity index (χ3n) is 6.23. The molecule has 208 valence electrons. The van der Waals surface area contributed by atoms with Crippen molar-refractivity contribution in [3.63, 3.8) is 0 Å². The molecule has 39 heavy (non-hydrogen) atoms. The molecule has 2 atom stereocenters. The summed E-state index contributed by atoms with van der Waals surface area (Å²) in [5, 5.41) is 9.40. The molecule has 1 N–H and O–H groups in total. The molecule has 3 aromatic carbocycles. The van der Waals surface area contributed by atoms with Crippen LogP contribution in [0.1, 0.15) is 72.9 Å². The summed E-state index contributed by atoms with van der Waals surface area (Å²) in [7, 11) is 0. The van der Waals surface area contributed by atoms with E-state index in [1.807, 2.05) is 55.5 Å². The van der Waals surface area contributed by atoms with Gasteiger partial charge in [-0.25, -0.2) is 9.59 Å². The quantitative estimate of drug-likeness (QED) is 0.270. The number of hydrogen-bond donors (Lipinski definition) is 1. The number of aliphatic hydroxyl groups excluding tert-OH is 1. The van der Waals surface area contributed by atoms with Gasteiger partial charge < -0.3 is 24.1 Å². The molecule has 0 saturated carbocycles. The van der Waals surface area contributed by atoms with Gasteiger partial charge in [-0.1, -0.05) is 45.0 Å². The summed E-state index contributed by atoms with van der Waals surface area (Å²) in [6.45, 7) is 10.5. The molecule has 0 aliphatic heterocycles. The summed E-state index contributed by atoms with van der Waals surface area (Å²) in [5.41, 5.74) is 2.75. The number of esters is 2. The number of ether oxygens (including phenoxy) is 4. The molecule has 0 aliphatic carbocycles. The first kappa shape index (κ1) is 29.7. The van der Waals surface area contributed by atoms with Crippen LogP contribution in [0.2, 0.25) is 0 Å². The first-order chi connectivity index (χ1) is 18.6. The molecule has 0 amide bonds. The summed E-state index contributed by atoms with van der Waals surface area (Å²) in [6, 6.07) is 22.0. The minimum absolute atomic E-state index is 0.198. The van der Waals surface area contributed by atoms with Crippen LogP contribution in [0, 0.1) is 0 Å². The lowest BCUT2D eigenvalue weighted by Crippen LogP contribution is -2.22. The summed E-state index contributed by atoms with van der Waals surface area (Å²) in [4.78, 5) is 24.4. The van der Waals surface area contributed by atoms with Gasteiger partial charge in [0.1, 0.15) is 30.8 Å². The van der Waals surface area contributed by atoms with E-state index in [1.165, 1.54) is 0 Å². The molecule has 0 radical (unpaired) electrons. The first-order valence-corrected chi connectivity index (χ1v) is 13.2. The molecule has 0 fully saturated rings. The fourth-order valence-electron chi connectivity index (χ4n) is 3.84. The Morgan fingerprint density at radius 2 is 1.21 bits per heavy atom. The number of aliphatic hydroxyl groups is 1. The highest BCUT2D eigenvalue weighted by atomic mass is 16.6. The van der Waals surface area contributed by atoms with Crippen LogP contribution in [0.25, 0.3) is 0 Å². The minimum Gasteiger partial charge on any atom is -0.491 e. The Bertz CT molecular complexity index is 1200. The van der Waals surface area contributed by atoms with E-state index in [1.54, 1.807) is 38.1 Å². The zero-order valence-electron chi connectivity index (χ0n) is 23.3. The van der Waals surface area contributed by atoms with E-state index in [2.05, 4.69) is 13.8 Å². The van der Waals surface area contributed by atoms with Gasteiger partial charge in [0.05, 0.1) is 23.8 Å². The maximum Gasteiger partial charge on any atom is 0.338 e. The Morgan fingerprint density at radius 3 is 1.67 bits per heavy atom. The van der Waals surface area contributed by atoms with Crippen molar-refractivity contribution in [2.45, 2.75) is 58.7 Å². The van der Waals surface area contributed by atoms with Crippen LogP contribution in [-0.4, -0.2) is 49.1 Å².